The number of nitro groups is 1. The Labute approximate surface area is 146 Å². The predicted octanol–water partition coefficient (Wildman–Crippen LogP) is 1.81. The highest BCUT2D eigenvalue weighted by molar-refractivity contribution is 5.99. The van der Waals surface area contributed by atoms with Gasteiger partial charge in [-0.2, -0.15) is 0 Å². The zero-order chi connectivity index (χ0) is 19.3. The number of carbonyl (C=O) groups is 2. The van der Waals surface area contributed by atoms with Gasteiger partial charge in [-0.3, -0.25) is 19.7 Å². The molecule has 0 heterocycles. The molecule has 0 aliphatic rings. The first kappa shape index (κ1) is 18.8. The third kappa shape index (κ3) is 4.29. The van der Waals surface area contributed by atoms with Crippen molar-refractivity contribution in [3.8, 4) is 0 Å². The van der Waals surface area contributed by atoms with Crippen molar-refractivity contribution in [3.05, 3.63) is 69.3 Å². The second-order valence-corrected chi connectivity index (χ2v) is 5.13. The lowest BCUT2D eigenvalue weighted by atomic mass is 10.1. The van der Waals surface area contributed by atoms with Crippen molar-refractivity contribution in [1.82, 2.24) is 5.32 Å². The van der Waals surface area contributed by atoms with Crippen molar-refractivity contribution < 1.29 is 23.3 Å². The summed E-state index contributed by atoms with van der Waals surface area (Å²) >= 11 is 0. The molecule has 0 bridgehead atoms. The molecule has 0 atom stereocenters. The quantitative estimate of drug-likeness (QED) is 0.392. The van der Waals surface area contributed by atoms with E-state index in [0.29, 0.717) is 0 Å². The van der Waals surface area contributed by atoms with E-state index in [1.165, 1.54) is 12.1 Å². The number of anilines is 1. The van der Waals surface area contributed by atoms with Crippen LogP contribution in [0.2, 0.25) is 0 Å². The highest BCUT2D eigenvalue weighted by Gasteiger charge is 2.17. The normalized spacial score (nSPS) is 10.2. The standard InChI is InChI=1S/C16H14F2N4O4/c17-11-2-1-3-12(18)14(11)16(24)21-7-6-20-13-5-4-9(22(25)26)8-10(13)15(19)23/h1-5,8,20H,6-7H2,(H2,19,23)(H,21,24). The molecule has 0 saturated heterocycles. The van der Waals surface area contributed by atoms with Crippen molar-refractivity contribution in [3.63, 3.8) is 0 Å². The summed E-state index contributed by atoms with van der Waals surface area (Å²) in [6.45, 7) is 0.0572. The Bertz CT molecular complexity index is 853. The maximum Gasteiger partial charge on any atom is 0.270 e. The van der Waals surface area contributed by atoms with E-state index in [2.05, 4.69) is 10.6 Å². The molecular formula is C16H14F2N4O4. The van der Waals surface area contributed by atoms with E-state index in [9.17, 15) is 28.5 Å². The maximum atomic E-state index is 13.5. The number of primary amides is 1. The van der Waals surface area contributed by atoms with Gasteiger partial charge < -0.3 is 16.4 Å². The SMILES string of the molecule is NC(=O)c1cc([N+](=O)[O-])ccc1NCCNC(=O)c1c(F)cccc1F. The summed E-state index contributed by atoms with van der Waals surface area (Å²) < 4.78 is 27.0. The monoisotopic (exact) mass is 364 g/mol. The lowest BCUT2D eigenvalue weighted by molar-refractivity contribution is -0.384. The van der Waals surface area contributed by atoms with E-state index >= 15 is 0 Å². The molecule has 26 heavy (non-hydrogen) atoms. The van der Waals surface area contributed by atoms with Crippen LogP contribution < -0.4 is 16.4 Å². The number of nitrogens with one attached hydrogen (secondary N) is 2. The molecule has 10 heteroatoms. The molecule has 0 radical (unpaired) electrons. The van der Waals surface area contributed by atoms with E-state index in [4.69, 9.17) is 5.73 Å². The minimum atomic E-state index is -0.984. The Balaban J connectivity index is 1.99. The van der Waals surface area contributed by atoms with Crippen molar-refractivity contribution in [2.24, 2.45) is 5.73 Å². The summed E-state index contributed by atoms with van der Waals surface area (Å²) in [5.41, 5.74) is 4.34. The summed E-state index contributed by atoms with van der Waals surface area (Å²) in [4.78, 5) is 33.3. The molecule has 0 aliphatic heterocycles. The van der Waals surface area contributed by atoms with E-state index in [1.807, 2.05) is 0 Å². The fraction of sp³-hybridized carbons (Fsp3) is 0.125. The van der Waals surface area contributed by atoms with Gasteiger partial charge in [-0.15, -0.1) is 0 Å². The number of nitrogens with two attached hydrogens (primary N) is 1. The van der Waals surface area contributed by atoms with Gasteiger partial charge in [0, 0.05) is 30.9 Å². The lowest BCUT2D eigenvalue weighted by Gasteiger charge is -2.11. The number of non-ortho nitro benzene ring substituents is 1. The third-order valence-corrected chi connectivity index (χ3v) is 3.40. The summed E-state index contributed by atoms with van der Waals surface area (Å²) in [5, 5.41) is 15.8. The molecule has 2 aromatic carbocycles. The molecule has 8 nitrogen and oxygen atoms in total. The maximum absolute atomic E-state index is 13.5. The van der Waals surface area contributed by atoms with Crippen LogP contribution in [-0.4, -0.2) is 29.8 Å². The van der Waals surface area contributed by atoms with Crippen LogP contribution in [0.3, 0.4) is 0 Å². The van der Waals surface area contributed by atoms with Crippen LogP contribution in [0.5, 0.6) is 0 Å². The second kappa shape index (κ2) is 8.01. The number of hydrogen-bond acceptors (Lipinski definition) is 5. The van der Waals surface area contributed by atoms with Gasteiger partial charge in [0.1, 0.15) is 17.2 Å². The largest absolute Gasteiger partial charge is 0.383 e. The van der Waals surface area contributed by atoms with Crippen LogP contribution in [0.25, 0.3) is 0 Å². The van der Waals surface area contributed by atoms with Gasteiger partial charge >= 0.3 is 0 Å². The van der Waals surface area contributed by atoms with E-state index in [-0.39, 0.29) is 30.0 Å². The molecule has 0 unspecified atom stereocenters. The topological polar surface area (TPSA) is 127 Å². The lowest BCUT2D eigenvalue weighted by Crippen LogP contribution is -2.30. The average Bonchev–Trinajstić information content (AvgIpc) is 2.58. The Kier molecular flexibility index (Phi) is 5.78. The minimum Gasteiger partial charge on any atom is -0.383 e. The predicted molar refractivity (Wildman–Crippen MR) is 88.8 cm³/mol. The molecule has 0 spiro atoms. The van der Waals surface area contributed by atoms with Crippen molar-refractivity contribution >= 4 is 23.2 Å². The summed E-state index contributed by atoms with van der Waals surface area (Å²) in [7, 11) is 0. The average molecular weight is 364 g/mol. The molecule has 2 rings (SSSR count). The molecule has 136 valence electrons. The number of rotatable bonds is 7. The zero-order valence-electron chi connectivity index (χ0n) is 13.3. The van der Waals surface area contributed by atoms with Gasteiger partial charge in [0.15, 0.2) is 0 Å². The fourth-order valence-electron chi connectivity index (χ4n) is 2.18. The molecule has 0 aromatic heterocycles. The Hall–Kier alpha value is -3.56. The summed E-state index contributed by atoms with van der Waals surface area (Å²) in [6.07, 6.45) is 0. The smallest absolute Gasteiger partial charge is 0.270 e. The Morgan fingerprint density at radius 1 is 1.12 bits per heavy atom. The van der Waals surface area contributed by atoms with E-state index in [0.717, 1.165) is 24.3 Å². The molecule has 2 aromatic rings. The highest BCUT2D eigenvalue weighted by Crippen LogP contribution is 2.21. The van der Waals surface area contributed by atoms with Gasteiger partial charge in [0.25, 0.3) is 17.5 Å². The van der Waals surface area contributed by atoms with Crippen LogP contribution in [0.4, 0.5) is 20.2 Å². The first-order chi connectivity index (χ1) is 12.3. The second-order valence-electron chi connectivity index (χ2n) is 5.13. The number of benzene rings is 2. The highest BCUT2D eigenvalue weighted by atomic mass is 19.1. The van der Waals surface area contributed by atoms with Crippen LogP contribution in [-0.2, 0) is 0 Å². The number of nitro benzene ring substituents is 1. The van der Waals surface area contributed by atoms with Crippen molar-refractivity contribution in [2.45, 2.75) is 0 Å². The first-order valence-electron chi connectivity index (χ1n) is 7.35. The van der Waals surface area contributed by atoms with Crippen LogP contribution in [0, 0.1) is 21.7 Å². The number of halogens is 2. The number of carbonyl (C=O) groups excluding carboxylic acids is 2. The van der Waals surface area contributed by atoms with Gasteiger partial charge in [0.2, 0.25) is 0 Å². The third-order valence-electron chi connectivity index (χ3n) is 3.40. The van der Waals surface area contributed by atoms with Gasteiger partial charge in [0.05, 0.1) is 10.5 Å². The van der Waals surface area contributed by atoms with Crippen LogP contribution >= 0.6 is 0 Å². The Morgan fingerprint density at radius 3 is 2.35 bits per heavy atom. The van der Waals surface area contributed by atoms with E-state index in [1.54, 1.807) is 0 Å². The first-order valence-corrected chi connectivity index (χ1v) is 7.35. The van der Waals surface area contributed by atoms with Gasteiger partial charge in [-0.25, -0.2) is 8.78 Å². The van der Waals surface area contributed by atoms with E-state index < -0.39 is 33.9 Å². The number of amides is 2. The van der Waals surface area contributed by atoms with Crippen molar-refractivity contribution in [2.75, 3.05) is 18.4 Å². The Morgan fingerprint density at radius 2 is 1.77 bits per heavy atom. The number of hydrogen-bond donors (Lipinski definition) is 3. The molecule has 4 N–H and O–H groups in total. The molecule has 0 saturated carbocycles. The van der Waals surface area contributed by atoms with Gasteiger partial charge in [-0.05, 0) is 18.2 Å². The zero-order valence-corrected chi connectivity index (χ0v) is 13.3. The van der Waals surface area contributed by atoms with Crippen molar-refractivity contribution in [1.29, 1.82) is 0 Å². The number of nitrogens with zero attached hydrogens (tertiary/aromatic N) is 1. The van der Waals surface area contributed by atoms with Crippen LogP contribution in [0.1, 0.15) is 20.7 Å². The minimum absolute atomic E-state index is 0.0260. The fourth-order valence-corrected chi connectivity index (χ4v) is 2.18. The molecule has 2 amide bonds. The van der Waals surface area contributed by atoms with Crippen LogP contribution in [0.15, 0.2) is 36.4 Å². The molecule has 0 aliphatic carbocycles. The summed E-state index contributed by atoms with van der Waals surface area (Å²) in [6, 6.07) is 6.58. The molecule has 0 fully saturated rings. The summed E-state index contributed by atoms with van der Waals surface area (Å²) in [5.74, 6) is -3.77. The molecular weight excluding hydrogens is 350 g/mol. The van der Waals surface area contributed by atoms with Gasteiger partial charge in [-0.1, -0.05) is 6.07 Å².